The number of hydrogen-bond acceptors (Lipinski definition) is 2. The van der Waals surface area contributed by atoms with Gasteiger partial charge in [-0.25, -0.2) is 0 Å². The zero-order valence-corrected chi connectivity index (χ0v) is 7.87. The van der Waals surface area contributed by atoms with Crippen LogP contribution in [0, 0.1) is 17.8 Å². The van der Waals surface area contributed by atoms with Gasteiger partial charge in [0.1, 0.15) is 0 Å². The van der Waals surface area contributed by atoms with Crippen molar-refractivity contribution in [2.45, 2.75) is 32.1 Å². The molecule has 0 aromatic rings. The van der Waals surface area contributed by atoms with E-state index in [1.807, 2.05) is 0 Å². The van der Waals surface area contributed by atoms with Crippen molar-refractivity contribution < 1.29 is 0 Å². The Morgan fingerprint density at radius 2 is 2.15 bits per heavy atom. The zero-order valence-electron chi connectivity index (χ0n) is 7.87. The van der Waals surface area contributed by atoms with Crippen LogP contribution in [0.4, 0.5) is 0 Å². The van der Waals surface area contributed by atoms with Gasteiger partial charge in [-0.3, -0.25) is 5.43 Å². The minimum Gasteiger partial charge on any atom is -0.286 e. The Bertz CT molecular complexity index is 267. The molecule has 1 heterocycles. The summed E-state index contributed by atoms with van der Waals surface area (Å²) in [6.45, 7) is 0. The van der Waals surface area contributed by atoms with E-state index in [4.69, 9.17) is 0 Å². The van der Waals surface area contributed by atoms with E-state index in [1.54, 1.807) is 5.57 Å². The second-order valence-corrected chi connectivity index (χ2v) is 4.60. The Balaban J connectivity index is 1.76. The summed E-state index contributed by atoms with van der Waals surface area (Å²) in [6, 6.07) is 0. The molecule has 3 rings (SSSR count). The molecule has 1 aliphatic heterocycles. The third kappa shape index (κ3) is 1.38. The summed E-state index contributed by atoms with van der Waals surface area (Å²) in [4.78, 5) is 0. The monoisotopic (exact) mass is 176 g/mol. The van der Waals surface area contributed by atoms with Crippen molar-refractivity contribution in [2.75, 3.05) is 0 Å². The molecule has 2 fully saturated rings. The summed E-state index contributed by atoms with van der Waals surface area (Å²) in [6.07, 6.45) is 11.2. The lowest BCUT2D eigenvalue weighted by Crippen LogP contribution is -2.17. The van der Waals surface area contributed by atoms with Gasteiger partial charge in [-0.1, -0.05) is 0 Å². The largest absolute Gasteiger partial charge is 0.286 e. The summed E-state index contributed by atoms with van der Waals surface area (Å²) in [5.41, 5.74) is 4.55. The maximum atomic E-state index is 4.12. The lowest BCUT2D eigenvalue weighted by molar-refractivity contribution is 0.503. The van der Waals surface area contributed by atoms with E-state index >= 15 is 0 Å². The van der Waals surface area contributed by atoms with Gasteiger partial charge in [0.05, 0.1) is 0 Å². The lowest BCUT2D eigenvalue weighted by atomic mass is 9.87. The minimum atomic E-state index is 0.655. The summed E-state index contributed by atoms with van der Waals surface area (Å²) >= 11 is 0. The van der Waals surface area contributed by atoms with Crippen molar-refractivity contribution in [3.05, 3.63) is 11.8 Å². The fourth-order valence-corrected chi connectivity index (χ4v) is 2.74. The number of allylic oxidation sites excluding steroid dienone is 1. The summed E-state index contributed by atoms with van der Waals surface area (Å²) in [7, 11) is 0. The molecule has 2 heteroatoms. The normalized spacial score (nSPS) is 41.8. The van der Waals surface area contributed by atoms with Crippen molar-refractivity contribution >= 4 is 6.21 Å². The van der Waals surface area contributed by atoms with E-state index in [-0.39, 0.29) is 0 Å². The van der Waals surface area contributed by atoms with E-state index in [0.717, 1.165) is 11.8 Å². The average Bonchev–Trinajstić information content (AvgIpc) is 2.87. The van der Waals surface area contributed by atoms with Gasteiger partial charge in [0.2, 0.25) is 0 Å². The molecule has 2 aliphatic carbocycles. The van der Waals surface area contributed by atoms with Gasteiger partial charge in [-0.05, 0) is 49.5 Å². The quantitative estimate of drug-likeness (QED) is 0.601. The molecule has 0 amide bonds. The molecule has 0 spiro atoms. The van der Waals surface area contributed by atoms with Gasteiger partial charge >= 0.3 is 0 Å². The van der Waals surface area contributed by atoms with E-state index in [2.05, 4.69) is 22.9 Å². The molecule has 70 valence electrons. The molecular weight excluding hydrogens is 160 g/mol. The van der Waals surface area contributed by atoms with Gasteiger partial charge in [-0.15, -0.1) is 0 Å². The minimum absolute atomic E-state index is 0.655. The molecule has 3 aliphatic rings. The topological polar surface area (TPSA) is 24.4 Å². The Hall–Kier alpha value is -0.790. The first-order chi connectivity index (χ1) is 6.43. The molecule has 2 nitrogen and oxygen atoms in total. The van der Waals surface area contributed by atoms with Gasteiger partial charge in [0.15, 0.2) is 0 Å². The molecule has 13 heavy (non-hydrogen) atoms. The number of rotatable bonds is 0. The first-order valence-electron chi connectivity index (χ1n) is 5.41. The lowest BCUT2D eigenvalue weighted by Gasteiger charge is -2.21. The third-order valence-electron chi connectivity index (χ3n) is 3.78. The Morgan fingerprint density at radius 3 is 3.15 bits per heavy atom. The molecular formula is C11H16N2. The van der Waals surface area contributed by atoms with Crippen molar-refractivity contribution in [3.63, 3.8) is 0 Å². The highest BCUT2D eigenvalue weighted by Gasteiger charge is 2.38. The van der Waals surface area contributed by atoms with Crippen LogP contribution in [0.2, 0.25) is 0 Å². The zero-order chi connectivity index (χ0) is 8.67. The number of nitrogens with one attached hydrogen (secondary N) is 1. The van der Waals surface area contributed by atoms with E-state index in [9.17, 15) is 0 Å². The van der Waals surface area contributed by atoms with E-state index in [1.165, 1.54) is 32.1 Å². The second kappa shape index (κ2) is 2.86. The van der Waals surface area contributed by atoms with Crippen LogP contribution < -0.4 is 5.43 Å². The maximum Gasteiger partial charge on any atom is 0.0318 e. The van der Waals surface area contributed by atoms with Crippen molar-refractivity contribution in [2.24, 2.45) is 22.9 Å². The van der Waals surface area contributed by atoms with Crippen LogP contribution in [0.25, 0.3) is 0 Å². The first kappa shape index (κ1) is 7.60. The van der Waals surface area contributed by atoms with Gasteiger partial charge in [0.25, 0.3) is 0 Å². The first-order valence-corrected chi connectivity index (χ1v) is 5.41. The molecule has 1 N–H and O–H groups in total. The molecule has 2 saturated carbocycles. The predicted molar refractivity (Wildman–Crippen MR) is 53.3 cm³/mol. The molecule has 1 unspecified atom stereocenters. The van der Waals surface area contributed by atoms with Gasteiger partial charge < -0.3 is 0 Å². The Morgan fingerprint density at radius 1 is 1.23 bits per heavy atom. The molecule has 3 atom stereocenters. The van der Waals surface area contributed by atoms with Crippen LogP contribution in [0.15, 0.2) is 16.9 Å². The van der Waals surface area contributed by atoms with E-state index < -0.39 is 0 Å². The summed E-state index contributed by atoms with van der Waals surface area (Å²) in [5.74, 6) is 2.80. The smallest absolute Gasteiger partial charge is 0.0318 e. The van der Waals surface area contributed by atoms with Crippen molar-refractivity contribution in [3.8, 4) is 0 Å². The van der Waals surface area contributed by atoms with Crippen LogP contribution in [0.5, 0.6) is 0 Å². The fourth-order valence-electron chi connectivity index (χ4n) is 2.74. The summed E-state index contributed by atoms with van der Waals surface area (Å²) in [5, 5.41) is 4.12. The molecule has 0 bridgehead atoms. The maximum absolute atomic E-state index is 4.12. The standard InChI is InChI=1S/C11H16N2/c1-3-10-6-12-13-7-11(10)4-2-9-5-8(1)9/h6-10,13H,1-5H2/t8-,9+,10?/m0/s1. The van der Waals surface area contributed by atoms with Crippen molar-refractivity contribution in [1.29, 1.82) is 0 Å². The molecule has 0 aromatic carbocycles. The van der Waals surface area contributed by atoms with Crippen LogP contribution in [-0.2, 0) is 0 Å². The Labute approximate surface area is 79.1 Å². The Kier molecular flexibility index (Phi) is 1.67. The highest BCUT2D eigenvalue weighted by Crippen LogP contribution is 2.48. The molecule has 0 saturated heterocycles. The summed E-state index contributed by atoms with van der Waals surface area (Å²) < 4.78 is 0. The fraction of sp³-hybridized carbons (Fsp3) is 0.727. The van der Waals surface area contributed by atoms with Crippen LogP contribution in [0.1, 0.15) is 32.1 Å². The third-order valence-corrected chi connectivity index (χ3v) is 3.78. The van der Waals surface area contributed by atoms with Gasteiger partial charge in [-0.2, -0.15) is 5.10 Å². The molecule has 0 radical (unpaired) electrons. The number of hydrazone groups is 1. The number of nitrogens with zero attached hydrogens (tertiary/aromatic N) is 1. The molecule has 0 aromatic heterocycles. The van der Waals surface area contributed by atoms with Gasteiger partial charge in [0, 0.05) is 18.3 Å². The average molecular weight is 176 g/mol. The van der Waals surface area contributed by atoms with Crippen LogP contribution in [-0.4, -0.2) is 6.21 Å². The highest BCUT2D eigenvalue weighted by atomic mass is 15.3. The SMILES string of the molecule is C1=NNC=C2CC[C@@H]3C[C@@H]3CCC12. The number of hydrogen-bond donors (Lipinski definition) is 1. The highest BCUT2D eigenvalue weighted by molar-refractivity contribution is 5.66. The van der Waals surface area contributed by atoms with E-state index in [0.29, 0.717) is 5.92 Å². The van der Waals surface area contributed by atoms with Crippen LogP contribution >= 0.6 is 0 Å². The number of fused-ring (bicyclic) bond motifs is 2. The predicted octanol–water partition coefficient (Wildman–Crippen LogP) is 2.29. The van der Waals surface area contributed by atoms with Crippen LogP contribution in [0.3, 0.4) is 0 Å². The van der Waals surface area contributed by atoms with Crippen molar-refractivity contribution in [1.82, 2.24) is 5.43 Å². The second-order valence-electron chi connectivity index (χ2n) is 4.60.